The summed E-state index contributed by atoms with van der Waals surface area (Å²) in [6.45, 7) is 1.87. The summed E-state index contributed by atoms with van der Waals surface area (Å²) < 4.78 is 41.5. The first-order valence-electron chi connectivity index (χ1n) is 6.93. The fourth-order valence-electron chi connectivity index (χ4n) is 3.08. The van der Waals surface area contributed by atoms with Crippen LogP contribution >= 0.6 is 0 Å². The highest BCUT2D eigenvalue weighted by Crippen LogP contribution is 2.46. The van der Waals surface area contributed by atoms with Crippen molar-refractivity contribution in [1.29, 1.82) is 0 Å². The van der Waals surface area contributed by atoms with Crippen LogP contribution in [0, 0.1) is 0 Å². The van der Waals surface area contributed by atoms with Gasteiger partial charge in [-0.3, -0.25) is 0 Å². The van der Waals surface area contributed by atoms with E-state index in [-0.39, 0.29) is 11.7 Å². The van der Waals surface area contributed by atoms with Crippen LogP contribution in [0.15, 0.2) is 24.3 Å². The number of para-hydroxylation sites is 1. The molecular formula is C15H19F3O2. The van der Waals surface area contributed by atoms with Crippen molar-refractivity contribution in [3.05, 3.63) is 29.8 Å². The van der Waals surface area contributed by atoms with Crippen molar-refractivity contribution >= 4 is 0 Å². The van der Waals surface area contributed by atoms with Crippen LogP contribution in [0.4, 0.5) is 13.2 Å². The predicted molar refractivity (Wildman–Crippen MR) is 69.6 cm³/mol. The van der Waals surface area contributed by atoms with Crippen molar-refractivity contribution in [2.45, 2.75) is 56.9 Å². The molecule has 20 heavy (non-hydrogen) atoms. The lowest BCUT2D eigenvalue weighted by molar-refractivity contribution is -0.275. The molecule has 0 bridgehead atoms. The number of hydrogen-bond acceptors (Lipinski definition) is 2. The Hall–Kier alpha value is -1.23. The smallest absolute Gasteiger partial charge is 0.405 e. The molecule has 1 aromatic carbocycles. The van der Waals surface area contributed by atoms with Crippen LogP contribution in [0.2, 0.25) is 0 Å². The van der Waals surface area contributed by atoms with Gasteiger partial charge in [0.2, 0.25) is 0 Å². The van der Waals surface area contributed by atoms with Gasteiger partial charge in [-0.05, 0) is 25.3 Å². The number of benzene rings is 1. The van der Waals surface area contributed by atoms with E-state index in [0.717, 1.165) is 12.8 Å². The molecule has 0 aliphatic heterocycles. The van der Waals surface area contributed by atoms with Gasteiger partial charge in [0.25, 0.3) is 0 Å². The lowest BCUT2D eigenvalue weighted by atomic mass is 9.70. The van der Waals surface area contributed by atoms with Gasteiger partial charge in [0.15, 0.2) is 0 Å². The second-order valence-corrected chi connectivity index (χ2v) is 5.34. The Morgan fingerprint density at radius 1 is 1.30 bits per heavy atom. The fraction of sp³-hybridized carbons (Fsp3) is 0.600. The highest BCUT2D eigenvalue weighted by atomic mass is 19.4. The summed E-state index contributed by atoms with van der Waals surface area (Å²) in [4.78, 5) is 0. The van der Waals surface area contributed by atoms with E-state index in [4.69, 9.17) is 0 Å². The highest BCUT2D eigenvalue weighted by Gasteiger charge is 2.41. The minimum Gasteiger partial charge on any atom is -0.405 e. The normalized spacial score (nSPS) is 27.4. The molecule has 1 aliphatic rings. The van der Waals surface area contributed by atoms with Crippen LogP contribution < -0.4 is 4.74 Å². The minimum absolute atomic E-state index is 0.196. The zero-order valence-electron chi connectivity index (χ0n) is 11.4. The van der Waals surface area contributed by atoms with E-state index in [1.165, 1.54) is 12.1 Å². The zero-order valence-corrected chi connectivity index (χ0v) is 11.4. The average molecular weight is 288 g/mol. The molecule has 2 atom stereocenters. The van der Waals surface area contributed by atoms with Crippen LogP contribution in [-0.4, -0.2) is 17.1 Å². The number of rotatable bonds is 3. The summed E-state index contributed by atoms with van der Waals surface area (Å²) in [5, 5.41) is 10.7. The Bertz CT molecular complexity index is 459. The number of ether oxygens (including phenoxy) is 1. The van der Waals surface area contributed by atoms with Gasteiger partial charge in [-0.1, -0.05) is 38.0 Å². The van der Waals surface area contributed by atoms with Crippen molar-refractivity contribution in [3.8, 4) is 5.75 Å². The maximum atomic E-state index is 12.5. The van der Waals surface area contributed by atoms with Crippen LogP contribution in [0.5, 0.6) is 5.75 Å². The first-order valence-corrected chi connectivity index (χ1v) is 6.93. The molecule has 1 fully saturated rings. The standard InChI is InChI=1S/C15H19F3O2/c1-2-14(19)10-6-5-8-12(14)11-7-3-4-9-13(11)20-15(16,17)18/h3-4,7,9,12,19H,2,5-6,8,10H2,1H3. The third-order valence-electron chi connectivity index (χ3n) is 4.13. The minimum atomic E-state index is -4.71. The molecule has 2 nitrogen and oxygen atoms in total. The summed E-state index contributed by atoms with van der Waals surface area (Å²) >= 11 is 0. The Kier molecular flexibility index (Phi) is 4.28. The lowest BCUT2D eigenvalue weighted by Gasteiger charge is -2.40. The Balaban J connectivity index is 2.36. The van der Waals surface area contributed by atoms with Crippen molar-refractivity contribution in [3.63, 3.8) is 0 Å². The summed E-state index contributed by atoms with van der Waals surface area (Å²) in [5.41, 5.74) is -0.488. The maximum absolute atomic E-state index is 12.5. The number of hydrogen-bond donors (Lipinski definition) is 1. The topological polar surface area (TPSA) is 29.5 Å². The van der Waals surface area contributed by atoms with Gasteiger partial charge < -0.3 is 9.84 Å². The molecule has 112 valence electrons. The van der Waals surface area contributed by atoms with Crippen molar-refractivity contribution in [2.75, 3.05) is 0 Å². The fourth-order valence-corrected chi connectivity index (χ4v) is 3.08. The summed E-state index contributed by atoms with van der Waals surface area (Å²) in [5.74, 6) is -0.501. The van der Waals surface area contributed by atoms with E-state index >= 15 is 0 Å². The van der Waals surface area contributed by atoms with E-state index in [0.29, 0.717) is 24.8 Å². The Labute approximate surface area is 116 Å². The molecule has 1 saturated carbocycles. The molecule has 0 radical (unpaired) electrons. The second kappa shape index (κ2) is 5.64. The zero-order chi connectivity index (χ0) is 14.8. The maximum Gasteiger partial charge on any atom is 0.573 e. The van der Waals surface area contributed by atoms with Gasteiger partial charge in [0.1, 0.15) is 5.75 Å². The third kappa shape index (κ3) is 3.26. The first kappa shape index (κ1) is 15.2. The van der Waals surface area contributed by atoms with Crippen molar-refractivity contribution in [2.24, 2.45) is 0 Å². The van der Waals surface area contributed by atoms with E-state index in [1.807, 2.05) is 6.92 Å². The van der Waals surface area contributed by atoms with Crippen LogP contribution in [0.25, 0.3) is 0 Å². The van der Waals surface area contributed by atoms with Crippen molar-refractivity contribution < 1.29 is 23.0 Å². The number of halogens is 3. The largest absolute Gasteiger partial charge is 0.573 e. The SMILES string of the molecule is CCC1(O)CCCCC1c1ccccc1OC(F)(F)F. The molecule has 0 saturated heterocycles. The highest BCUT2D eigenvalue weighted by molar-refractivity contribution is 5.38. The molecule has 0 heterocycles. The predicted octanol–water partition coefficient (Wildman–Crippen LogP) is 4.38. The number of aliphatic hydroxyl groups is 1. The lowest BCUT2D eigenvalue weighted by Crippen LogP contribution is -2.38. The van der Waals surface area contributed by atoms with Gasteiger partial charge in [-0.15, -0.1) is 13.2 Å². The second-order valence-electron chi connectivity index (χ2n) is 5.34. The first-order chi connectivity index (χ1) is 9.36. The van der Waals surface area contributed by atoms with E-state index in [9.17, 15) is 18.3 Å². The molecule has 0 amide bonds. The molecule has 2 unspecified atom stereocenters. The summed E-state index contributed by atoms with van der Waals surface area (Å²) in [6.07, 6.45) is -1.07. The molecule has 1 N–H and O–H groups in total. The third-order valence-corrected chi connectivity index (χ3v) is 4.13. The van der Waals surface area contributed by atoms with Crippen LogP contribution in [0.1, 0.15) is 50.5 Å². The molecule has 5 heteroatoms. The number of alkyl halides is 3. The quantitative estimate of drug-likeness (QED) is 0.894. The van der Waals surface area contributed by atoms with E-state index < -0.39 is 12.0 Å². The van der Waals surface area contributed by atoms with Crippen molar-refractivity contribution in [1.82, 2.24) is 0 Å². The van der Waals surface area contributed by atoms with Gasteiger partial charge in [0, 0.05) is 11.5 Å². The molecule has 1 aliphatic carbocycles. The van der Waals surface area contributed by atoms with E-state index in [2.05, 4.69) is 4.74 Å². The van der Waals surface area contributed by atoms with Gasteiger partial charge in [-0.2, -0.15) is 0 Å². The molecule has 0 aromatic heterocycles. The monoisotopic (exact) mass is 288 g/mol. The summed E-state index contributed by atoms with van der Waals surface area (Å²) in [6, 6.07) is 6.13. The van der Waals surface area contributed by atoms with E-state index in [1.54, 1.807) is 12.1 Å². The summed E-state index contributed by atoms with van der Waals surface area (Å²) in [7, 11) is 0. The molecule has 1 aromatic rings. The van der Waals surface area contributed by atoms with Gasteiger partial charge in [0.05, 0.1) is 5.60 Å². The average Bonchev–Trinajstić information content (AvgIpc) is 2.38. The molecule has 0 spiro atoms. The van der Waals surface area contributed by atoms with Crippen LogP contribution in [-0.2, 0) is 0 Å². The van der Waals surface area contributed by atoms with Gasteiger partial charge in [-0.25, -0.2) is 0 Å². The van der Waals surface area contributed by atoms with Crippen LogP contribution in [0.3, 0.4) is 0 Å². The molecular weight excluding hydrogens is 269 g/mol. The molecule has 2 rings (SSSR count). The Morgan fingerprint density at radius 2 is 2.00 bits per heavy atom. The Morgan fingerprint density at radius 3 is 2.65 bits per heavy atom. The van der Waals surface area contributed by atoms with Gasteiger partial charge >= 0.3 is 6.36 Å².